The summed E-state index contributed by atoms with van der Waals surface area (Å²) in [5.74, 6) is -0.722. The number of carbonyl (C=O) groups is 2. The molecule has 7 nitrogen and oxygen atoms in total. The molecular formula is C11H19NO6S. The first kappa shape index (κ1) is 15.9. The number of amides is 1. The van der Waals surface area contributed by atoms with E-state index in [1.54, 1.807) is 0 Å². The van der Waals surface area contributed by atoms with Gasteiger partial charge >= 0.3 is 5.97 Å². The summed E-state index contributed by atoms with van der Waals surface area (Å²) in [5.41, 5.74) is 0. The Kier molecular flexibility index (Phi) is 5.74. The van der Waals surface area contributed by atoms with Gasteiger partial charge in [-0.15, -0.1) is 0 Å². The van der Waals surface area contributed by atoms with E-state index in [9.17, 15) is 18.0 Å². The molecule has 0 radical (unpaired) electrons. The second-order valence-electron chi connectivity index (χ2n) is 4.40. The van der Waals surface area contributed by atoms with Gasteiger partial charge in [0.15, 0.2) is 9.84 Å². The number of hydrogen-bond donors (Lipinski definition) is 0. The minimum atomic E-state index is -3.08. The molecule has 1 heterocycles. The van der Waals surface area contributed by atoms with Gasteiger partial charge in [0.25, 0.3) is 0 Å². The van der Waals surface area contributed by atoms with Crippen molar-refractivity contribution in [3.63, 3.8) is 0 Å². The average molecular weight is 293 g/mol. The Hall–Kier alpha value is -1.15. The summed E-state index contributed by atoms with van der Waals surface area (Å²) in [4.78, 5) is 24.4. The minimum Gasteiger partial charge on any atom is -0.469 e. The monoisotopic (exact) mass is 293 g/mol. The zero-order valence-electron chi connectivity index (χ0n) is 11.1. The molecule has 1 amide bonds. The maximum absolute atomic E-state index is 11.9. The largest absolute Gasteiger partial charge is 0.469 e. The van der Waals surface area contributed by atoms with Gasteiger partial charge in [0, 0.05) is 19.7 Å². The number of methoxy groups -OCH3 is 2. The molecule has 8 heteroatoms. The highest BCUT2D eigenvalue weighted by Gasteiger charge is 2.34. The molecule has 0 saturated carbocycles. The van der Waals surface area contributed by atoms with Gasteiger partial charge in [0.2, 0.25) is 5.91 Å². The summed E-state index contributed by atoms with van der Waals surface area (Å²) < 4.78 is 32.2. The van der Waals surface area contributed by atoms with Crippen molar-refractivity contribution in [3.8, 4) is 0 Å². The molecule has 0 aromatic rings. The maximum Gasteiger partial charge on any atom is 0.307 e. The Labute approximate surface area is 112 Å². The zero-order chi connectivity index (χ0) is 14.5. The van der Waals surface area contributed by atoms with Crippen LogP contribution in [-0.4, -0.2) is 70.1 Å². The first-order chi connectivity index (χ1) is 8.89. The van der Waals surface area contributed by atoms with Crippen LogP contribution < -0.4 is 0 Å². The molecule has 0 N–H and O–H groups in total. The van der Waals surface area contributed by atoms with Crippen LogP contribution in [-0.2, 0) is 28.9 Å². The number of rotatable bonds is 6. The lowest BCUT2D eigenvalue weighted by Gasteiger charge is -2.27. The van der Waals surface area contributed by atoms with Gasteiger partial charge in [-0.05, 0) is 6.42 Å². The number of ether oxygens (including phenoxy) is 2. The van der Waals surface area contributed by atoms with E-state index < -0.39 is 15.8 Å². The highest BCUT2D eigenvalue weighted by atomic mass is 32.2. The lowest BCUT2D eigenvalue weighted by molar-refractivity contribution is -0.143. The predicted molar refractivity (Wildman–Crippen MR) is 67.3 cm³/mol. The van der Waals surface area contributed by atoms with Crippen molar-refractivity contribution < 1.29 is 27.5 Å². The number of hydrogen-bond acceptors (Lipinski definition) is 6. The van der Waals surface area contributed by atoms with Crippen LogP contribution in [0, 0.1) is 0 Å². The van der Waals surface area contributed by atoms with Crippen molar-refractivity contribution in [1.29, 1.82) is 0 Å². The van der Waals surface area contributed by atoms with Gasteiger partial charge in [-0.25, -0.2) is 8.42 Å². The Morgan fingerprint density at radius 2 is 2.00 bits per heavy atom. The van der Waals surface area contributed by atoms with Crippen LogP contribution in [0.25, 0.3) is 0 Å². The second kappa shape index (κ2) is 6.85. The molecular weight excluding hydrogens is 274 g/mol. The Morgan fingerprint density at radius 1 is 1.32 bits per heavy atom. The third-order valence-electron chi connectivity index (χ3n) is 3.02. The molecule has 0 unspecified atom stereocenters. The van der Waals surface area contributed by atoms with Crippen molar-refractivity contribution in [3.05, 3.63) is 0 Å². The van der Waals surface area contributed by atoms with E-state index >= 15 is 0 Å². The van der Waals surface area contributed by atoms with Crippen molar-refractivity contribution in [2.24, 2.45) is 0 Å². The number of sulfone groups is 1. The van der Waals surface area contributed by atoms with Crippen LogP contribution in [0.2, 0.25) is 0 Å². The summed E-state index contributed by atoms with van der Waals surface area (Å²) >= 11 is 0. The average Bonchev–Trinajstić information content (AvgIpc) is 2.70. The maximum atomic E-state index is 11.9. The van der Waals surface area contributed by atoms with Gasteiger partial charge in [0.05, 0.1) is 25.0 Å². The molecule has 110 valence electrons. The van der Waals surface area contributed by atoms with Crippen LogP contribution in [0.5, 0.6) is 0 Å². The van der Waals surface area contributed by atoms with Crippen molar-refractivity contribution in [1.82, 2.24) is 4.90 Å². The summed E-state index contributed by atoms with van der Waals surface area (Å²) in [6, 6.07) is -0.377. The molecule has 1 saturated heterocycles. The Balaban J connectivity index is 2.69. The van der Waals surface area contributed by atoms with Crippen LogP contribution in [0.4, 0.5) is 0 Å². The van der Waals surface area contributed by atoms with E-state index in [0.717, 1.165) is 0 Å². The molecule has 0 aliphatic carbocycles. The smallest absolute Gasteiger partial charge is 0.307 e. The summed E-state index contributed by atoms with van der Waals surface area (Å²) in [5, 5.41) is 0. The van der Waals surface area contributed by atoms with E-state index in [1.165, 1.54) is 19.1 Å². The van der Waals surface area contributed by atoms with Gasteiger partial charge in [-0.2, -0.15) is 0 Å². The van der Waals surface area contributed by atoms with Crippen LogP contribution in [0.15, 0.2) is 0 Å². The van der Waals surface area contributed by atoms with Crippen LogP contribution in [0.3, 0.4) is 0 Å². The molecule has 0 spiro atoms. The second-order valence-corrected chi connectivity index (χ2v) is 6.63. The third kappa shape index (κ3) is 4.79. The molecule has 0 aromatic heterocycles. The summed E-state index contributed by atoms with van der Waals surface area (Å²) in [7, 11) is -0.426. The van der Waals surface area contributed by atoms with Crippen LogP contribution in [0.1, 0.15) is 12.8 Å². The van der Waals surface area contributed by atoms with Gasteiger partial charge < -0.3 is 14.4 Å². The molecule has 1 rings (SSSR count). The van der Waals surface area contributed by atoms with Crippen molar-refractivity contribution in [2.45, 2.75) is 18.9 Å². The molecule has 19 heavy (non-hydrogen) atoms. The number of carbonyl (C=O) groups excluding carboxylic acids is 2. The van der Waals surface area contributed by atoms with E-state index in [1.807, 2.05) is 0 Å². The molecule has 0 bridgehead atoms. The topological polar surface area (TPSA) is 90.0 Å². The summed E-state index contributed by atoms with van der Waals surface area (Å²) in [6.45, 7) is 0.0206. The molecule has 1 aliphatic rings. The predicted octanol–water partition coefficient (Wildman–Crippen LogP) is -0.788. The summed E-state index contributed by atoms with van der Waals surface area (Å²) in [6.07, 6.45) is 0.446. The quantitative estimate of drug-likeness (QED) is 0.596. The van der Waals surface area contributed by atoms with E-state index in [-0.39, 0.29) is 43.0 Å². The van der Waals surface area contributed by atoms with Crippen LogP contribution >= 0.6 is 0 Å². The first-order valence-electron chi connectivity index (χ1n) is 5.95. The van der Waals surface area contributed by atoms with E-state index in [2.05, 4.69) is 4.74 Å². The van der Waals surface area contributed by atoms with Gasteiger partial charge in [0.1, 0.15) is 6.61 Å². The lowest BCUT2D eigenvalue weighted by Crippen LogP contribution is -2.44. The fraction of sp³-hybridized carbons (Fsp3) is 0.818. The standard InChI is InChI=1S/C11H19NO6S/c1-17-7-10(13)12(5-3-11(14)18-2)9-4-6-19(15,16)8-9/h9H,3-8H2,1-2H3/t9-/m0/s1. The Morgan fingerprint density at radius 3 is 2.47 bits per heavy atom. The molecule has 0 aromatic carbocycles. The number of nitrogens with zero attached hydrogens (tertiary/aromatic N) is 1. The Bertz CT molecular complexity index is 432. The highest BCUT2D eigenvalue weighted by molar-refractivity contribution is 7.91. The first-order valence-corrected chi connectivity index (χ1v) is 7.77. The number of esters is 1. The molecule has 1 atom stereocenters. The van der Waals surface area contributed by atoms with E-state index in [4.69, 9.17) is 4.74 Å². The van der Waals surface area contributed by atoms with Crippen molar-refractivity contribution in [2.75, 3.05) is 38.9 Å². The third-order valence-corrected chi connectivity index (χ3v) is 4.77. The zero-order valence-corrected chi connectivity index (χ0v) is 11.9. The lowest BCUT2D eigenvalue weighted by atomic mass is 10.2. The van der Waals surface area contributed by atoms with E-state index in [0.29, 0.717) is 6.42 Å². The SMILES string of the molecule is COCC(=O)N(CCC(=O)OC)[C@H]1CCS(=O)(=O)C1. The highest BCUT2D eigenvalue weighted by Crippen LogP contribution is 2.18. The van der Waals surface area contributed by atoms with Gasteiger partial charge in [-0.3, -0.25) is 9.59 Å². The fourth-order valence-corrected chi connectivity index (χ4v) is 3.78. The van der Waals surface area contributed by atoms with Crippen molar-refractivity contribution >= 4 is 21.7 Å². The minimum absolute atomic E-state index is 0.0441. The van der Waals surface area contributed by atoms with Gasteiger partial charge in [-0.1, -0.05) is 0 Å². The molecule has 1 aliphatic heterocycles. The fourth-order valence-electron chi connectivity index (χ4n) is 2.05. The molecule has 1 fully saturated rings. The normalized spacial score (nSPS) is 21.1.